The third-order valence-corrected chi connectivity index (χ3v) is 10.4. The van der Waals surface area contributed by atoms with Crippen LogP contribution < -0.4 is 20.9 Å². The van der Waals surface area contributed by atoms with Gasteiger partial charge in [-0.2, -0.15) is 0 Å². The largest absolute Gasteiger partial charge is 0.466 e. The number of anilines is 1. The van der Waals surface area contributed by atoms with Gasteiger partial charge in [0.05, 0.1) is 18.6 Å². The monoisotopic (exact) mass is 700 g/mol. The van der Waals surface area contributed by atoms with Gasteiger partial charge in [0.25, 0.3) is 0 Å². The summed E-state index contributed by atoms with van der Waals surface area (Å²) in [6.45, 7) is 8.68. The van der Waals surface area contributed by atoms with Crippen molar-refractivity contribution >= 4 is 35.1 Å². The molecule has 10 nitrogen and oxygen atoms in total. The van der Waals surface area contributed by atoms with Crippen molar-refractivity contribution < 1.29 is 19.1 Å². The lowest BCUT2D eigenvalue weighted by Gasteiger charge is -2.39. The number of carbonyl (C=O) groups is 3. The summed E-state index contributed by atoms with van der Waals surface area (Å²) < 4.78 is 5.21. The van der Waals surface area contributed by atoms with Gasteiger partial charge in [0.2, 0.25) is 11.8 Å². The summed E-state index contributed by atoms with van der Waals surface area (Å²) in [4.78, 5) is 46.3. The van der Waals surface area contributed by atoms with Crippen molar-refractivity contribution in [1.82, 2.24) is 25.8 Å². The maximum atomic E-state index is 14.1. The number of hydrogen-bond acceptors (Lipinski definition) is 8. The molecule has 3 aliphatic rings. The summed E-state index contributed by atoms with van der Waals surface area (Å²) in [5.41, 5.74) is 5.69. The van der Waals surface area contributed by atoms with Gasteiger partial charge in [-0.05, 0) is 66.6 Å². The third-order valence-electron chi connectivity index (χ3n) is 10.1. The number of piperidine rings is 1. The first kappa shape index (κ1) is 35.9. The molecule has 3 aromatic carbocycles. The first-order valence-electron chi connectivity index (χ1n) is 17.9. The van der Waals surface area contributed by atoms with Crippen molar-refractivity contribution in [3.63, 3.8) is 0 Å². The quantitative estimate of drug-likeness (QED) is 0.246. The molecule has 2 saturated heterocycles. The van der Waals surface area contributed by atoms with Crippen molar-refractivity contribution in [2.75, 3.05) is 57.4 Å². The van der Waals surface area contributed by atoms with Crippen molar-refractivity contribution in [1.29, 1.82) is 0 Å². The topological polar surface area (TPSA) is 106 Å². The summed E-state index contributed by atoms with van der Waals surface area (Å²) in [5.74, 6) is -0.282. The molecule has 0 saturated carbocycles. The van der Waals surface area contributed by atoms with Gasteiger partial charge in [-0.15, -0.1) is 0 Å². The number of nitrogens with one attached hydrogen (secondary N) is 3. The Labute approximate surface area is 300 Å². The van der Waals surface area contributed by atoms with E-state index in [0.29, 0.717) is 57.2 Å². The van der Waals surface area contributed by atoms with Crippen LogP contribution in [-0.4, -0.2) is 92.2 Å². The van der Waals surface area contributed by atoms with E-state index in [9.17, 15) is 14.4 Å². The zero-order valence-corrected chi connectivity index (χ0v) is 29.7. The smallest absolute Gasteiger partial charge is 0.309 e. The van der Waals surface area contributed by atoms with Crippen molar-refractivity contribution in [2.24, 2.45) is 5.92 Å². The number of carbonyl (C=O) groups excluding carboxylic acids is 3. The van der Waals surface area contributed by atoms with Gasteiger partial charge in [0.1, 0.15) is 6.04 Å². The second-order valence-electron chi connectivity index (χ2n) is 13.5. The van der Waals surface area contributed by atoms with E-state index in [1.54, 1.807) is 0 Å². The molecule has 3 aliphatic heterocycles. The zero-order valence-electron chi connectivity index (χ0n) is 28.9. The second-order valence-corrected chi connectivity index (χ2v) is 13.9. The predicted octanol–water partition coefficient (Wildman–Crippen LogP) is 3.75. The number of fused-ring (bicyclic) bond motifs is 1. The molecule has 0 spiro atoms. The Kier molecular flexibility index (Phi) is 12.4. The Bertz CT molecular complexity index is 1600. The van der Waals surface area contributed by atoms with Crippen molar-refractivity contribution in [3.8, 4) is 0 Å². The van der Waals surface area contributed by atoms with Crippen molar-refractivity contribution in [3.05, 3.63) is 100 Å². The lowest BCUT2D eigenvalue weighted by atomic mass is 9.95. The van der Waals surface area contributed by atoms with Crippen LogP contribution in [0.2, 0.25) is 5.02 Å². The highest BCUT2D eigenvalue weighted by Crippen LogP contribution is 2.24. The summed E-state index contributed by atoms with van der Waals surface area (Å²) in [6.07, 6.45) is 2.64. The molecular weight excluding hydrogens is 652 g/mol. The Morgan fingerprint density at radius 3 is 2.34 bits per heavy atom. The minimum atomic E-state index is -0.687. The first-order chi connectivity index (χ1) is 24.4. The van der Waals surface area contributed by atoms with E-state index < -0.39 is 12.1 Å². The molecule has 2 fully saturated rings. The highest BCUT2D eigenvalue weighted by atomic mass is 35.5. The minimum absolute atomic E-state index is 0.00790. The molecule has 3 heterocycles. The van der Waals surface area contributed by atoms with Crippen LogP contribution in [0.25, 0.3) is 0 Å². The van der Waals surface area contributed by atoms with Crippen LogP contribution in [0.3, 0.4) is 0 Å². The Balaban J connectivity index is 1.04. The molecule has 0 radical (unpaired) electrons. The lowest BCUT2D eigenvalue weighted by Crippen LogP contribution is -2.58. The molecule has 3 N–H and O–H groups in total. The summed E-state index contributed by atoms with van der Waals surface area (Å²) in [7, 11) is 0. The highest BCUT2D eigenvalue weighted by molar-refractivity contribution is 6.30. The van der Waals surface area contributed by atoms with Gasteiger partial charge in [0.15, 0.2) is 0 Å². The van der Waals surface area contributed by atoms with E-state index >= 15 is 0 Å². The second kappa shape index (κ2) is 17.3. The molecular formula is C39H49ClN6O4. The fraction of sp³-hybridized carbons (Fsp3) is 0.462. The van der Waals surface area contributed by atoms with Crippen LogP contribution in [0.4, 0.5) is 5.69 Å². The fourth-order valence-electron chi connectivity index (χ4n) is 7.26. The van der Waals surface area contributed by atoms with Gasteiger partial charge in [0, 0.05) is 76.2 Å². The van der Waals surface area contributed by atoms with Crippen LogP contribution in [-0.2, 0) is 45.1 Å². The van der Waals surface area contributed by atoms with Crippen LogP contribution >= 0.6 is 11.6 Å². The van der Waals surface area contributed by atoms with Gasteiger partial charge >= 0.3 is 5.97 Å². The summed E-state index contributed by atoms with van der Waals surface area (Å²) in [6, 6.07) is 23.0. The van der Waals surface area contributed by atoms with Crippen LogP contribution in [0.1, 0.15) is 42.0 Å². The molecule has 2 atom stereocenters. The highest BCUT2D eigenvalue weighted by Gasteiger charge is 2.32. The normalized spacial score (nSPS) is 19.0. The predicted molar refractivity (Wildman–Crippen MR) is 196 cm³/mol. The zero-order chi connectivity index (χ0) is 34.9. The number of benzene rings is 3. The van der Waals surface area contributed by atoms with E-state index in [1.807, 2.05) is 48.2 Å². The SMILES string of the molecule is CCOC(=O)C1CCN(CNCc2ccccc2N2CCN(C(=O)[C@@H](Cc3ccc(Cl)cc3)NC(=O)[C@H]3Cc4ccccc4CN3)CC2)CC1. The Morgan fingerprint density at radius 1 is 0.900 bits per heavy atom. The van der Waals surface area contributed by atoms with Crippen LogP contribution in [0.5, 0.6) is 0 Å². The van der Waals surface area contributed by atoms with E-state index in [1.165, 1.54) is 16.8 Å². The molecule has 3 aromatic rings. The summed E-state index contributed by atoms with van der Waals surface area (Å²) >= 11 is 6.14. The maximum absolute atomic E-state index is 14.1. The van der Waals surface area contributed by atoms with E-state index in [-0.39, 0.29) is 23.7 Å². The number of rotatable bonds is 12. The molecule has 266 valence electrons. The lowest BCUT2D eigenvalue weighted by molar-refractivity contribution is -0.149. The van der Waals surface area contributed by atoms with Crippen LogP contribution in [0.15, 0.2) is 72.8 Å². The van der Waals surface area contributed by atoms with Gasteiger partial charge in [-0.25, -0.2) is 0 Å². The number of hydrogen-bond donors (Lipinski definition) is 3. The van der Waals surface area contributed by atoms with E-state index in [4.69, 9.17) is 16.3 Å². The number of halogens is 1. The summed E-state index contributed by atoms with van der Waals surface area (Å²) in [5, 5.41) is 10.7. The Hall–Kier alpha value is -3.96. The minimum Gasteiger partial charge on any atom is -0.466 e. The van der Waals surface area contributed by atoms with Crippen molar-refractivity contribution in [2.45, 2.75) is 57.8 Å². The van der Waals surface area contributed by atoms with Gasteiger partial charge < -0.3 is 30.5 Å². The molecule has 0 aliphatic carbocycles. The molecule has 0 aromatic heterocycles. The number of piperazine rings is 1. The maximum Gasteiger partial charge on any atom is 0.309 e. The standard InChI is InChI=1S/C39H49ClN6O4/c1-2-50-39(49)29-15-17-44(18-16-29)27-41-25-32-9-5-6-10-36(32)45-19-21-46(22-20-45)38(48)35(23-28-11-13-33(40)14-12-28)43-37(47)34-24-30-7-3-4-8-31(30)26-42-34/h3-14,29,34-35,41-42H,2,15-27H2,1H3,(H,43,47)/t34-,35-/m1/s1. The fourth-order valence-corrected chi connectivity index (χ4v) is 7.39. The number of amides is 2. The number of likely N-dealkylation sites (tertiary alicyclic amines) is 1. The van der Waals surface area contributed by atoms with Crippen LogP contribution in [0, 0.1) is 5.92 Å². The number of para-hydroxylation sites is 1. The van der Waals surface area contributed by atoms with E-state index in [0.717, 1.165) is 50.3 Å². The first-order valence-corrected chi connectivity index (χ1v) is 18.3. The molecule has 50 heavy (non-hydrogen) atoms. The van der Waals surface area contributed by atoms with Gasteiger partial charge in [-0.3, -0.25) is 19.3 Å². The Morgan fingerprint density at radius 2 is 1.60 bits per heavy atom. The average molecular weight is 701 g/mol. The van der Waals surface area contributed by atoms with Gasteiger partial charge in [-0.1, -0.05) is 66.2 Å². The number of esters is 1. The van der Waals surface area contributed by atoms with E-state index in [2.05, 4.69) is 62.1 Å². The third kappa shape index (κ3) is 9.23. The molecule has 0 bridgehead atoms. The molecule has 11 heteroatoms. The molecule has 6 rings (SSSR count). The average Bonchev–Trinajstić information content (AvgIpc) is 3.15. The molecule has 0 unspecified atom stereocenters. The molecule has 2 amide bonds. The number of ether oxygens (including phenoxy) is 1. The number of nitrogens with zero attached hydrogens (tertiary/aromatic N) is 3.